The van der Waals surface area contributed by atoms with Crippen LogP contribution < -0.4 is 10.3 Å². The standard InChI is InChI=1S/C11H13N2O5PS/c12-11-13-10-8(2-1-3-9(10)20-11)18-19(15)16-5-7(4-14)6-17-19/h1-3,7,14H,4-6H2,(H2,12,13). The van der Waals surface area contributed by atoms with Gasteiger partial charge in [0, 0.05) is 5.92 Å². The first-order valence-corrected chi connectivity index (χ1v) is 8.22. The van der Waals surface area contributed by atoms with E-state index in [1.807, 2.05) is 6.07 Å². The summed E-state index contributed by atoms with van der Waals surface area (Å²) in [4.78, 5) is 4.14. The minimum Gasteiger partial charge on any atom is -0.402 e. The van der Waals surface area contributed by atoms with E-state index in [0.717, 1.165) is 4.70 Å². The molecule has 1 aromatic heterocycles. The highest BCUT2D eigenvalue weighted by Crippen LogP contribution is 2.53. The number of hydrogen-bond donors (Lipinski definition) is 2. The summed E-state index contributed by atoms with van der Waals surface area (Å²) in [7, 11) is -3.67. The van der Waals surface area contributed by atoms with Gasteiger partial charge in [-0.05, 0) is 12.1 Å². The van der Waals surface area contributed by atoms with Crippen LogP contribution in [-0.2, 0) is 13.6 Å². The zero-order chi connectivity index (χ0) is 14.2. The SMILES string of the molecule is Nc1nc2c(OP3(=O)OCC(CO)CO3)cccc2s1. The molecule has 2 aromatic rings. The minimum atomic E-state index is -3.67. The Labute approximate surface area is 118 Å². The molecule has 20 heavy (non-hydrogen) atoms. The predicted molar refractivity (Wildman–Crippen MR) is 74.7 cm³/mol. The van der Waals surface area contributed by atoms with Crippen LogP contribution in [0.25, 0.3) is 10.2 Å². The fourth-order valence-corrected chi connectivity index (χ4v) is 3.88. The lowest BCUT2D eigenvalue weighted by atomic mass is 10.2. The molecule has 1 aliphatic heterocycles. The van der Waals surface area contributed by atoms with Gasteiger partial charge in [0.25, 0.3) is 0 Å². The van der Waals surface area contributed by atoms with Crippen molar-refractivity contribution < 1.29 is 23.2 Å². The fraction of sp³-hybridized carbons (Fsp3) is 0.364. The first-order chi connectivity index (χ1) is 9.59. The number of benzene rings is 1. The molecule has 0 aliphatic carbocycles. The molecule has 3 rings (SSSR count). The van der Waals surface area contributed by atoms with Gasteiger partial charge in [0.2, 0.25) is 0 Å². The van der Waals surface area contributed by atoms with E-state index in [4.69, 9.17) is 24.4 Å². The highest BCUT2D eigenvalue weighted by molar-refractivity contribution is 7.49. The van der Waals surface area contributed by atoms with Crippen molar-refractivity contribution in [2.24, 2.45) is 5.92 Å². The van der Waals surface area contributed by atoms with E-state index in [9.17, 15) is 4.57 Å². The topological polar surface area (TPSA) is 104 Å². The van der Waals surface area contributed by atoms with E-state index < -0.39 is 7.82 Å². The Hall–Kier alpha value is -1.18. The number of aliphatic hydroxyl groups excluding tert-OH is 1. The molecule has 0 amide bonds. The Morgan fingerprint density at radius 3 is 2.95 bits per heavy atom. The number of aliphatic hydroxyl groups is 1. The van der Waals surface area contributed by atoms with E-state index in [1.165, 1.54) is 11.3 Å². The van der Waals surface area contributed by atoms with Crippen LogP contribution in [0.4, 0.5) is 5.13 Å². The molecule has 9 heteroatoms. The van der Waals surface area contributed by atoms with Gasteiger partial charge >= 0.3 is 7.82 Å². The normalized spacial score (nSPS) is 26.8. The fourth-order valence-electron chi connectivity index (χ4n) is 1.77. The van der Waals surface area contributed by atoms with Crippen LogP contribution in [0.1, 0.15) is 0 Å². The number of nitrogen functional groups attached to an aromatic ring is 1. The highest BCUT2D eigenvalue weighted by atomic mass is 32.1. The third-order valence-corrected chi connectivity index (χ3v) is 5.00. The van der Waals surface area contributed by atoms with Gasteiger partial charge in [-0.25, -0.2) is 9.55 Å². The quantitative estimate of drug-likeness (QED) is 0.835. The van der Waals surface area contributed by atoms with Crippen molar-refractivity contribution in [2.45, 2.75) is 0 Å². The molecule has 108 valence electrons. The summed E-state index contributed by atoms with van der Waals surface area (Å²) >= 11 is 1.31. The summed E-state index contributed by atoms with van der Waals surface area (Å²) < 4.78 is 28.8. The molecule has 1 aromatic carbocycles. The van der Waals surface area contributed by atoms with Crippen LogP contribution >= 0.6 is 19.2 Å². The van der Waals surface area contributed by atoms with E-state index in [1.54, 1.807) is 12.1 Å². The molecular formula is C11H13N2O5PS. The maximum atomic E-state index is 12.3. The van der Waals surface area contributed by atoms with Gasteiger partial charge in [0.15, 0.2) is 10.9 Å². The first-order valence-electron chi connectivity index (χ1n) is 5.94. The molecule has 1 fully saturated rings. The second-order valence-corrected chi connectivity index (χ2v) is 6.99. The summed E-state index contributed by atoms with van der Waals surface area (Å²) in [5, 5.41) is 9.38. The minimum absolute atomic E-state index is 0.0851. The van der Waals surface area contributed by atoms with E-state index >= 15 is 0 Å². The Kier molecular flexibility index (Phi) is 3.66. The number of anilines is 1. The summed E-state index contributed by atoms with van der Waals surface area (Å²) in [6, 6.07) is 5.23. The third-order valence-electron chi connectivity index (χ3n) is 2.80. The van der Waals surface area contributed by atoms with Crippen molar-refractivity contribution >= 4 is 34.5 Å². The third kappa shape index (κ3) is 2.65. The van der Waals surface area contributed by atoms with Crippen molar-refractivity contribution in [1.82, 2.24) is 4.98 Å². The Bertz CT molecular complexity index is 664. The van der Waals surface area contributed by atoms with Crippen molar-refractivity contribution in [3.8, 4) is 5.75 Å². The number of aromatic nitrogens is 1. The zero-order valence-electron chi connectivity index (χ0n) is 10.4. The highest BCUT2D eigenvalue weighted by Gasteiger charge is 2.36. The van der Waals surface area contributed by atoms with Crippen LogP contribution in [0.3, 0.4) is 0 Å². The predicted octanol–water partition coefficient (Wildman–Crippen LogP) is 2.02. The molecule has 1 aliphatic rings. The monoisotopic (exact) mass is 316 g/mol. The van der Waals surface area contributed by atoms with E-state index in [0.29, 0.717) is 16.4 Å². The number of thiazole rings is 1. The van der Waals surface area contributed by atoms with E-state index in [2.05, 4.69) is 4.98 Å². The molecule has 0 saturated carbocycles. The molecule has 0 spiro atoms. The van der Waals surface area contributed by atoms with Gasteiger partial charge in [0.05, 0.1) is 24.5 Å². The molecule has 0 radical (unpaired) electrons. The molecule has 0 atom stereocenters. The maximum Gasteiger partial charge on any atom is 0.530 e. The average Bonchev–Trinajstić information content (AvgIpc) is 2.81. The van der Waals surface area contributed by atoms with Crippen molar-refractivity contribution in [2.75, 3.05) is 25.6 Å². The number of hydrogen-bond acceptors (Lipinski definition) is 8. The summed E-state index contributed by atoms with van der Waals surface area (Å²) in [6.07, 6.45) is 0. The van der Waals surface area contributed by atoms with Gasteiger partial charge in [-0.1, -0.05) is 17.4 Å². The molecule has 2 heterocycles. The van der Waals surface area contributed by atoms with Gasteiger partial charge in [-0.2, -0.15) is 0 Å². The second kappa shape index (κ2) is 5.31. The number of phosphoric acid groups is 1. The van der Waals surface area contributed by atoms with Gasteiger partial charge in [-0.15, -0.1) is 0 Å². The van der Waals surface area contributed by atoms with E-state index in [-0.39, 0.29) is 25.7 Å². The summed E-state index contributed by atoms with van der Waals surface area (Å²) in [5.74, 6) is 0.118. The lowest BCUT2D eigenvalue weighted by molar-refractivity contribution is 0.0365. The van der Waals surface area contributed by atoms with Crippen LogP contribution in [0.15, 0.2) is 18.2 Å². The number of fused-ring (bicyclic) bond motifs is 1. The van der Waals surface area contributed by atoms with Crippen LogP contribution in [0, 0.1) is 5.92 Å². The number of rotatable bonds is 3. The summed E-state index contributed by atoms with van der Waals surface area (Å²) in [5.41, 5.74) is 6.18. The summed E-state index contributed by atoms with van der Waals surface area (Å²) in [6.45, 7) is 0.171. The van der Waals surface area contributed by atoms with Crippen molar-refractivity contribution in [1.29, 1.82) is 0 Å². The number of phosphoric ester groups is 1. The lowest BCUT2D eigenvalue weighted by Gasteiger charge is -2.26. The molecule has 7 nitrogen and oxygen atoms in total. The lowest BCUT2D eigenvalue weighted by Crippen LogP contribution is -2.25. The van der Waals surface area contributed by atoms with Crippen LogP contribution in [0.2, 0.25) is 0 Å². The molecule has 3 N–H and O–H groups in total. The molecular weight excluding hydrogens is 303 g/mol. The van der Waals surface area contributed by atoms with Gasteiger partial charge < -0.3 is 15.4 Å². The Balaban J connectivity index is 1.84. The average molecular weight is 316 g/mol. The number of para-hydroxylation sites is 1. The van der Waals surface area contributed by atoms with Crippen LogP contribution in [-0.4, -0.2) is 29.9 Å². The molecule has 0 unspecified atom stereocenters. The second-order valence-electron chi connectivity index (χ2n) is 4.33. The Morgan fingerprint density at radius 2 is 2.25 bits per heavy atom. The zero-order valence-corrected chi connectivity index (χ0v) is 12.1. The maximum absolute atomic E-state index is 12.3. The van der Waals surface area contributed by atoms with Gasteiger partial charge in [-0.3, -0.25) is 9.05 Å². The number of nitrogens with zero attached hydrogens (tertiary/aromatic N) is 1. The molecule has 0 bridgehead atoms. The molecule has 1 saturated heterocycles. The Morgan fingerprint density at radius 1 is 1.50 bits per heavy atom. The smallest absolute Gasteiger partial charge is 0.402 e. The first kappa shape index (κ1) is 13.8. The number of nitrogens with two attached hydrogens (primary N) is 1. The van der Waals surface area contributed by atoms with Gasteiger partial charge in [0.1, 0.15) is 5.52 Å². The largest absolute Gasteiger partial charge is 0.530 e. The van der Waals surface area contributed by atoms with Crippen molar-refractivity contribution in [3.05, 3.63) is 18.2 Å². The van der Waals surface area contributed by atoms with Crippen molar-refractivity contribution in [3.63, 3.8) is 0 Å². The van der Waals surface area contributed by atoms with Crippen LogP contribution in [0.5, 0.6) is 5.75 Å².